The number of hydrogen-bond acceptors (Lipinski definition) is 8. The van der Waals surface area contributed by atoms with E-state index in [9.17, 15) is 13.6 Å². The third kappa shape index (κ3) is 10.8. The second kappa shape index (κ2) is 20.6. The van der Waals surface area contributed by atoms with Crippen molar-refractivity contribution in [1.82, 2.24) is 39.1 Å². The van der Waals surface area contributed by atoms with Gasteiger partial charge in [0.1, 0.15) is 11.6 Å². The van der Waals surface area contributed by atoms with Gasteiger partial charge in [0.05, 0.1) is 49.3 Å². The van der Waals surface area contributed by atoms with Crippen LogP contribution in [0.5, 0.6) is 0 Å². The zero-order valence-corrected chi connectivity index (χ0v) is 34.9. The lowest BCUT2D eigenvalue weighted by atomic mass is 9.95. The van der Waals surface area contributed by atoms with E-state index >= 15 is 0 Å². The van der Waals surface area contributed by atoms with Crippen LogP contribution in [0.3, 0.4) is 0 Å². The molecule has 2 fully saturated rings. The molecule has 8 rings (SSSR count). The second-order valence-electron chi connectivity index (χ2n) is 15.5. The van der Waals surface area contributed by atoms with Gasteiger partial charge in [-0.15, -0.1) is 0 Å². The van der Waals surface area contributed by atoms with Crippen molar-refractivity contribution in [2.75, 3.05) is 65.5 Å². The molecule has 2 aliphatic heterocycles. The molecule has 4 aromatic carbocycles. The van der Waals surface area contributed by atoms with Gasteiger partial charge in [0, 0.05) is 77.8 Å². The second-order valence-corrected chi connectivity index (χ2v) is 15.5. The van der Waals surface area contributed by atoms with E-state index in [0.29, 0.717) is 13.2 Å². The molecule has 2 unspecified atom stereocenters. The minimum absolute atomic E-state index is 0.0776. The van der Waals surface area contributed by atoms with Gasteiger partial charge in [-0.05, 0) is 78.4 Å². The number of esters is 1. The zero-order chi connectivity index (χ0) is 41.8. The first kappa shape index (κ1) is 42.6. The van der Waals surface area contributed by atoms with E-state index in [1.165, 1.54) is 41.1 Å². The Morgan fingerprint density at radius 1 is 0.633 bits per heavy atom. The van der Waals surface area contributed by atoms with Crippen molar-refractivity contribution in [3.8, 4) is 22.3 Å². The summed E-state index contributed by atoms with van der Waals surface area (Å²) in [6.07, 6.45) is 7.71. The van der Waals surface area contributed by atoms with Crippen LogP contribution in [0.1, 0.15) is 55.4 Å². The standard InChI is InChI=1S/C26H31FN4O2.C22H25FN4/c1-3-33-26(32)18-30-14-12-29(13-15-30)17-23-16-28-19-31(23)20(2)24-6-4-5-7-25(24)21-8-10-22(27)11-9-21;1-17(27-16-25-14-20(27)15-26-12-10-24-11-13-26)21-4-2-3-5-22(21)18-6-8-19(23)9-7-18/h4-11,16,19-20H,3,12-15,17-18H2,1-2H3;2-9,14,16-17,24H,10-13,15H2,1H3. The highest BCUT2D eigenvalue weighted by Gasteiger charge is 2.23. The molecule has 12 heteroatoms. The molecule has 60 heavy (non-hydrogen) atoms. The molecule has 2 aliphatic rings. The first-order chi connectivity index (χ1) is 29.3. The first-order valence-electron chi connectivity index (χ1n) is 21.0. The molecule has 10 nitrogen and oxygen atoms in total. The van der Waals surface area contributed by atoms with Crippen LogP contribution in [0.2, 0.25) is 0 Å². The van der Waals surface area contributed by atoms with E-state index < -0.39 is 0 Å². The van der Waals surface area contributed by atoms with Gasteiger partial charge < -0.3 is 19.2 Å². The minimum Gasteiger partial charge on any atom is -0.465 e. The van der Waals surface area contributed by atoms with Crippen LogP contribution in [0, 0.1) is 11.6 Å². The van der Waals surface area contributed by atoms with Crippen LogP contribution in [0.15, 0.2) is 122 Å². The lowest BCUT2D eigenvalue weighted by molar-refractivity contribution is -0.144. The minimum atomic E-state index is -0.233. The number of carbonyl (C=O) groups is 1. The highest BCUT2D eigenvalue weighted by Crippen LogP contribution is 2.33. The third-order valence-corrected chi connectivity index (χ3v) is 11.6. The van der Waals surface area contributed by atoms with Gasteiger partial charge in [0.15, 0.2) is 0 Å². The highest BCUT2D eigenvalue weighted by molar-refractivity contribution is 5.71. The molecule has 0 aliphatic carbocycles. The third-order valence-electron chi connectivity index (χ3n) is 11.6. The summed E-state index contributed by atoms with van der Waals surface area (Å²) < 4.78 is 36.3. The molecular formula is C48H56F2N8O2. The van der Waals surface area contributed by atoms with Gasteiger partial charge in [0.2, 0.25) is 0 Å². The van der Waals surface area contributed by atoms with E-state index in [4.69, 9.17) is 4.74 Å². The van der Waals surface area contributed by atoms with Gasteiger partial charge >= 0.3 is 5.97 Å². The number of aromatic nitrogens is 4. The highest BCUT2D eigenvalue weighted by atomic mass is 19.1. The van der Waals surface area contributed by atoms with Gasteiger partial charge in [-0.2, -0.15) is 0 Å². The van der Waals surface area contributed by atoms with Crippen molar-refractivity contribution in [3.05, 3.63) is 156 Å². The van der Waals surface area contributed by atoms with E-state index in [2.05, 4.69) is 83.3 Å². The van der Waals surface area contributed by atoms with Crippen molar-refractivity contribution >= 4 is 5.97 Å². The fraction of sp³-hybridized carbons (Fsp3) is 0.354. The average Bonchev–Trinajstić information content (AvgIpc) is 3.95. The Hall–Kier alpha value is -5.53. The maximum absolute atomic E-state index is 13.4. The van der Waals surface area contributed by atoms with Gasteiger partial charge in [-0.1, -0.05) is 72.8 Å². The Balaban J connectivity index is 0.000000185. The predicted molar refractivity (Wildman–Crippen MR) is 232 cm³/mol. The van der Waals surface area contributed by atoms with E-state index in [-0.39, 0.29) is 29.7 Å². The number of hydrogen-bond donors (Lipinski definition) is 1. The summed E-state index contributed by atoms with van der Waals surface area (Å²) in [4.78, 5) is 27.6. The van der Waals surface area contributed by atoms with E-state index in [0.717, 1.165) is 93.4 Å². The Morgan fingerprint density at radius 3 is 1.53 bits per heavy atom. The molecule has 0 radical (unpaired) electrons. The van der Waals surface area contributed by atoms with Crippen LogP contribution in [0.25, 0.3) is 22.3 Å². The Labute approximate surface area is 352 Å². The van der Waals surface area contributed by atoms with Crippen LogP contribution in [-0.4, -0.2) is 105 Å². The Morgan fingerprint density at radius 2 is 1.07 bits per heavy atom. The molecule has 314 valence electrons. The predicted octanol–water partition coefficient (Wildman–Crippen LogP) is 7.68. The average molecular weight is 815 g/mol. The summed E-state index contributed by atoms with van der Waals surface area (Å²) in [6, 6.07) is 30.2. The van der Waals surface area contributed by atoms with Gasteiger partial charge in [-0.3, -0.25) is 19.5 Å². The number of imidazole rings is 2. The molecule has 2 saturated heterocycles. The molecule has 2 atom stereocenters. The topological polar surface area (TPSA) is 83.7 Å². The smallest absolute Gasteiger partial charge is 0.320 e. The quantitative estimate of drug-likeness (QED) is 0.119. The van der Waals surface area contributed by atoms with Gasteiger partial charge in [-0.25, -0.2) is 18.7 Å². The largest absolute Gasteiger partial charge is 0.465 e. The number of benzene rings is 4. The fourth-order valence-corrected chi connectivity index (χ4v) is 8.24. The number of carbonyl (C=O) groups excluding carboxylic acids is 1. The van der Waals surface area contributed by atoms with Gasteiger partial charge in [0.25, 0.3) is 0 Å². The van der Waals surface area contributed by atoms with Crippen molar-refractivity contribution in [3.63, 3.8) is 0 Å². The molecular weight excluding hydrogens is 759 g/mol. The summed E-state index contributed by atoms with van der Waals surface area (Å²) in [6.45, 7) is 16.4. The summed E-state index contributed by atoms with van der Waals surface area (Å²) in [5.74, 6) is -0.599. The molecule has 1 N–H and O–H groups in total. The molecule has 2 aromatic heterocycles. The monoisotopic (exact) mass is 814 g/mol. The molecule has 0 amide bonds. The number of nitrogens with one attached hydrogen (secondary N) is 1. The Bertz CT molecular complexity index is 2260. The number of nitrogens with zero attached hydrogens (tertiary/aromatic N) is 7. The van der Waals surface area contributed by atoms with Crippen LogP contribution < -0.4 is 5.32 Å². The SMILES string of the molecule is CC(c1ccccc1-c1ccc(F)cc1)n1cncc1CN1CCNCC1.CCOC(=O)CN1CCN(Cc2cncn2C(C)c2ccccc2-c2ccc(F)cc2)CC1. The van der Waals surface area contributed by atoms with E-state index in [1.807, 2.05) is 74.4 Å². The summed E-state index contributed by atoms with van der Waals surface area (Å²) >= 11 is 0. The summed E-state index contributed by atoms with van der Waals surface area (Å²) in [5.41, 5.74) is 9.00. The molecule has 0 spiro atoms. The van der Waals surface area contributed by atoms with Crippen LogP contribution >= 0.6 is 0 Å². The number of ether oxygens (including phenoxy) is 1. The van der Waals surface area contributed by atoms with E-state index in [1.54, 1.807) is 0 Å². The van der Waals surface area contributed by atoms with Crippen molar-refractivity contribution in [1.29, 1.82) is 0 Å². The molecule has 4 heterocycles. The number of piperazine rings is 2. The van der Waals surface area contributed by atoms with Crippen LogP contribution in [-0.2, 0) is 22.6 Å². The molecule has 0 saturated carbocycles. The van der Waals surface area contributed by atoms with Crippen molar-refractivity contribution < 1.29 is 18.3 Å². The summed E-state index contributed by atoms with van der Waals surface area (Å²) in [7, 11) is 0. The number of rotatable bonds is 13. The fourth-order valence-electron chi connectivity index (χ4n) is 8.24. The lowest BCUT2D eigenvalue weighted by Crippen LogP contribution is -2.47. The lowest BCUT2D eigenvalue weighted by Gasteiger charge is -2.34. The number of halogens is 2. The Kier molecular flexibility index (Phi) is 14.6. The van der Waals surface area contributed by atoms with Crippen molar-refractivity contribution in [2.24, 2.45) is 0 Å². The van der Waals surface area contributed by atoms with Crippen molar-refractivity contribution in [2.45, 2.75) is 45.9 Å². The molecule has 6 aromatic rings. The van der Waals surface area contributed by atoms with Crippen LogP contribution in [0.4, 0.5) is 8.78 Å². The maximum Gasteiger partial charge on any atom is 0.320 e. The maximum atomic E-state index is 13.4. The summed E-state index contributed by atoms with van der Waals surface area (Å²) in [5, 5.41) is 3.40. The molecule has 0 bridgehead atoms. The first-order valence-corrected chi connectivity index (χ1v) is 21.0. The normalized spacial score (nSPS) is 16.1. The zero-order valence-electron chi connectivity index (χ0n) is 34.9.